The average molecular weight is 351 g/mol. The molecule has 0 aliphatic rings. The molecular weight excluding hydrogens is 326 g/mol. The standard InChI is InChI=1S/C17H25N3O5/c1-12(10-16(21)22)17(23)13-6-7-14(15(11-13)20(24)25)18-8-4-5-9-19(2)3/h6-7,11-12,18H,4-5,8-10H2,1-3H3,(H,21,22). The molecule has 0 radical (unpaired) electrons. The molecule has 138 valence electrons. The highest BCUT2D eigenvalue weighted by Gasteiger charge is 2.22. The number of carboxylic acid groups (broad SMARTS) is 1. The van der Waals surface area contributed by atoms with Gasteiger partial charge >= 0.3 is 5.97 Å². The van der Waals surface area contributed by atoms with E-state index in [-0.39, 0.29) is 17.7 Å². The fourth-order valence-corrected chi connectivity index (χ4v) is 2.40. The molecular formula is C17H25N3O5. The Morgan fingerprint density at radius 1 is 1.32 bits per heavy atom. The lowest BCUT2D eigenvalue weighted by Crippen LogP contribution is -2.16. The molecule has 1 rings (SSSR count). The number of nitro groups is 1. The van der Waals surface area contributed by atoms with Crippen LogP contribution in [-0.2, 0) is 4.79 Å². The van der Waals surface area contributed by atoms with E-state index in [4.69, 9.17) is 5.11 Å². The van der Waals surface area contributed by atoms with Gasteiger partial charge in [-0.1, -0.05) is 6.92 Å². The Bertz CT molecular complexity index is 631. The van der Waals surface area contributed by atoms with Gasteiger partial charge < -0.3 is 15.3 Å². The fourth-order valence-electron chi connectivity index (χ4n) is 2.40. The molecule has 0 spiro atoms. The summed E-state index contributed by atoms with van der Waals surface area (Å²) in [6.45, 7) is 3.04. The predicted molar refractivity (Wildman–Crippen MR) is 95.1 cm³/mol. The number of nitro benzene ring substituents is 1. The van der Waals surface area contributed by atoms with E-state index in [0.29, 0.717) is 12.2 Å². The van der Waals surface area contributed by atoms with Crippen molar-refractivity contribution in [1.82, 2.24) is 4.90 Å². The Labute approximate surface area is 147 Å². The number of hydrogen-bond acceptors (Lipinski definition) is 6. The van der Waals surface area contributed by atoms with Crippen LogP contribution in [-0.4, -0.2) is 53.9 Å². The van der Waals surface area contributed by atoms with E-state index in [2.05, 4.69) is 10.2 Å². The first-order valence-electron chi connectivity index (χ1n) is 8.15. The number of unbranched alkanes of at least 4 members (excludes halogenated alkanes) is 1. The molecule has 0 aromatic heterocycles. The minimum absolute atomic E-state index is 0.151. The van der Waals surface area contributed by atoms with Gasteiger partial charge in [0, 0.05) is 24.1 Å². The van der Waals surface area contributed by atoms with E-state index < -0.39 is 22.6 Å². The van der Waals surface area contributed by atoms with Crippen molar-refractivity contribution in [3.05, 3.63) is 33.9 Å². The van der Waals surface area contributed by atoms with Gasteiger partial charge in [-0.15, -0.1) is 0 Å². The van der Waals surface area contributed by atoms with Crippen LogP contribution in [0.25, 0.3) is 0 Å². The Balaban J connectivity index is 2.80. The molecule has 0 fully saturated rings. The fraction of sp³-hybridized carbons (Fsp3) is 0.529. The Morgan fingerprint density at radius 3 is 2.56 bits per heavy atom. The van der Waals surface area contributed by atoms with Crippen molar-refractivity contribution < 1.29 is 19.6 Å². The van der Waals surface area contributed by atoms with Crippen molar-refractivity contribution >= 4 is 23.1 Å². The van der Waals surface area contributed by atoms with E-state index in [1.807, 2.05) is 14.1 Å². The van der Waals surface area contributed by atoms with Crippen LogP contribution in [0.2, 0.25) is 0 Å². The number of ketones is 1. The van der Waals surface area contributed by atoms with E-state index in [1.54, 1.807) is 0 Å². The number of carboxylic acids is 1. The number of benzene rings is 1. The summed E-state index contributed by atoms with van der Waals surface area (Å²) in [7, 11) is 3.97. The molecule has 8 nitrogen and oxygen atoms in total. The van der Waals surface area contributed by atoms with Crippen LogP contribution < -0.4 is 5.32 Å². The number of carbonyl (C=O) groups excluding carboxylic acids is 1. The van der Waals surface area contributed by atoms with Crippen molar-refractivity contribution in [2.24, 2.45) is 5.92 Å². The highest BCUT2D eigenvalue weighted by atomic mass is 16.6. The SMILES string of the molecule is CC(CC(=O)O)C(=O)c1ccc(NCCCCN(C)C)c([N+](=O)[O-])c1. The van der Waals surface area contributed by atoms with Gasteiger partial charge in [0.15, 0.2) is 5.78 Å². The number of nitrogens with zero attached hydrogens (tertiary/aromatic N) is 2. The molecule has 0 bridgehead atoms. The highest BCUT2D eigenvalue weighted by Crippen LogP contribution is 2.27. The van der Waals surface area contributed by atoms with Gasteiger partial charge in [0.25, 0.3) is 5.69 Å². The van der Waals surface area contributed by atoms with Crippen LogP contribution in [0.15, 0.2) is 18.2 Å². The van der Waals surface area contributed by atoms with Gasteiger partial charge in [-0.25, -0.2) is 0 Å². The van der Waals surface area contributed by atoms with Crippen LogP contribution in [0.5, 0.6) is 0 Å². The van der Waals surface area contributed by atoms with Gasteiger partial charge in [0.05, 0.1) is 11.3 Å². The van der Waals surface area contributed by atoms with E-state index >= 15 is 0 Å². The van der Waals surface area contributed by atoms with Gasteiger partial charge in [0.2, 0.25) is 0 Å². The summed E-state index contributed by atoms with van der Waals surface area (Å²) in [5.74, 6) is -2.23. The molecule has 8 heteroatoms. The zero-order chi connectivity index (χ0) is 19.0. The van der Waals surface area contributed by atoms with Crippen LogP contribution in [0.3, 0.4) is 0 Å². The molecule has 0 aliphatic carbocycles. The quantitative estimate of drug-likeness (QED) is 0.273. The van der Waals surface area contributed by atoms with Gasteiger partial charge in [-0.3, -0.25) is 19.7 Å². The lowest BCUT2D eigenvalue weighted by atomic mass is 9.96. The van der Waals surface area contributed by atoms with Crippen molar-refractivity contribution in [2.75, 3.05) is 32.5 Å². The molecule has 1 aromatic rings. The summed E-state index contributed by atoms with van der Waals surface area (Å²) in [5.41, 5.74) is 0.330. The third kappa shape index (κ3) is 6.88. The van der Waals surface area contributed by atoms with E-state index in [9.17, 15) is 19.7 Å². The topological polar surface area (TPSA) is 113 Å². The Kier molecular flexibility index (Phi) is 8.00. The average Bonchev–Trinajstić information content (AvgIpc) is 2.52. The second-order valence-electron chi connectivity index (χ2n) is 6.29. The normalized spacial score (nSPS) is 12.0. The molecule has 25 heavy (non-hydrogen) atoms. The largest absolute Gasteiger partial charge is 0.481 e. The molecule has 0 heterocycles. The van der Waals surface area contributed by atoms with E-state index in [0.717, 1.165) is 19.4 Å². The van der Waals surface area contributed by atoms with Crippen molar-refractivity contribution in [1.29, 1.82) is 0 Å². The molecule has 0 aliphatic heterocycles. The summed E-state index contributed by atoms with van der Waals surface area (Å²) in [4.78, 5) is 35.7. The molecule has 0 saturated carbocycles. The van der Waals surface area contributed by atoms with Crippen molar-refractivity contribution in [3.63, 3.8) is 0 Å². The number of anilines is 1. The maximum Gasteiger partial charge on any atom is 0.304 e. The predicted octanol–water partition coefficient (Wildman–Crippen LogP) is 2.64. The number of rotatable bonds is 11. The Hall–Kier alpha value is -2.48. The highest BCUT2D eigenvalue weighted by molar-refractivity contribution is 6.00. The summed E-state index contributed by atoms with van der Waals surface area (Å²) >= 11 is 0. The maximum absolute atomic E-state index is 12.2. The van der Waals surface area contributed by atoms with Crippen LogP contribution in [0.1, 0.15) is 36.5 Å². The number of nitrogens with one attached hydrogen (secondary N) is 1. The third-order valence-electron chi connectivity index (χ3n) is 3.75. The summed E-state index contributed by atoms with van der Waals surface area (Å²) < 4.78 is 0. The van der Waals surface area contributed by atoms with Gasteiger partial charge in [0.1, 0.15) is 5.69 Å². The number of Topliss-reactive ketones (excluding diaryl/α,β-unsaturated/α-hetero) is 1. The van der Waals surface area contributed by atoms with Crippen LogP contribution in [0, 0.1) is 16.0 Å². The molecule has 0 saturated heterocycles. The van der Waals surface area contributed by atoms with Crippen molar-refractivity contribution in [2.45, 2.75) is 26.2 Å². The second-order valence-corrected chi connectivity index (χ2v) is 6.29. The Morgan fingerprint density at radius 2 is 2.00 bits per heavy atom. The first-order valence-corrected chi connectivity index (χ1v) is 8.15. The maximum atomic E-state index is 12.2. The molecule has 1 atom stereocenters. The minimum Gasteiger partial charge on any atom is -0.481 e. The number of hydrogen-bond donors (Lipinski definition) is 2. The lowest BCUT2D eigenvalue weighted by molar-refractivity contribution is -0.384. The zero-order valence-corrected chi connectivity index (χ0v) is 14.8. The molecule has 0 amide bonds. The van der Waals surface area contributed by atoms with Crippen LogP contribution in [0.4, 0.5) is 11.4 Å². The van der Waals surface area contributed by atoms with E-state index in [1.165, 1.54) is 25.1 Å². The smallest absolute Gasteiger partial charge is 0.304 e. The number of aliphatic carboxylic acids is 1. The van der Waals surface area contributed by atoms with Gasteiger partial charge in [-0.05, 0) is 45.6 Å². The summed E-state index contributed by atoms with van der Waals surface area (Å²) in [6, 6.07) is 4.21. The third-order valence-corrected chi connectivity index (χ3v) is 3.75. The lowest BCUT2D eigenvalue weighted by Gasteiger charge is -2.12. The minimum atomic E-state index is -1.08. The molecule has 2 N–H and O–H groups in total. The van der Waals surface area contributed by atoms with Crippen molar-refractivity contribution in [3.8, 4) is 0 Å². The van der Waals surface area contributed by atoms with Crippen LogP contribution >= 0.6 is 0 Å². The second kappa shape index (κ2) is 9.73. The first-order chi connectivity index (χ1) is 11.7. The summed E-state index contributed by atoms with van der Waals surface area (Å²) in [5, 5.41) is 23.1. The summed E-state index contributed by atoms with van der Waals surface area (Å²) in [6.07, 6.45) is 1.53. The number of carbonyl (C=O) groups is 2. The van der Waals surface area contributed by atoms with Gasteiger partial charge in [-0.2, -0.15) is 0 Å². The molecule has 1 unspecified atom stereocenters. The monoisotopic (exact) mass is 351 g/mol. The first kappa shape index (κ1) is 20.6. The zero-order valence-electron chi connectivity index (χ0n) is 14.8. The molecule has 1 aromatic carbocycles.